The highest BCUT2D eigenvalue weighted by atomic mass is 32.2. The maximum atomic E-state index is 14.3. The zero-order valence-electron chi connectivity index (χ0n) is 17.9. The molecule has 0 bridgehead atoms. The lowest BCUT2D eigenvalue weighted by Gasteiger charge is -2.10. The normalized spacial score (nSPS) is 11.0. The van der Waals surface area contributed by atoms with E-state index >= 15 is 0 Å². The van der Waals surface area contributed by atoms with Crippen LogP contribution in [0.25, 0.3) is 11.3 Å². The summed E-state index contributed by atoms with van der Waals surface area (Å²) >= 11 is 0. The van der Waals surface area contributed by atoms with Crippen molar-refractivity contribution in [1.82, 2.24) is 14.7 Å². The number of benzene rings is 3. The van der Waals surface area contributed by atoms with Gasteiger partial charge in [-0.3, -0.25) is 4.72 Å². The molecule has 0 aliphatic rings. The number of amides is 1. The Morgan fingerprint density at radius 2 is 1.71 bits per heavy atom. The highest BCUT2D eigenvalue weighted by Gasteiger charge is 2.16. The third-order valence-electron chi connectivity index (χ3n) is 4.54. The lowest BCUT2D eigenvalue weighted by Crippen LogP contribution is -2.34. The number of anilines is 1. The molecule has 4 rings (SSSR count). The smallest absolute Gasteiger partial charge is 0.419 e. The Hall–Kier alpha value is -4.58. The number of aromatic amines is 1. The molecule has 0 aliphatic heterocycles. The van der Waals surface area contributed by atoms with E-state index in [0.717, 1.165) is 23.4 Å². The molecule has 4 N–H and O–H groups in total. The van der Waals surface area contributed by atoms with Gasteiger partial charge in [0.25, 0.3) is 0 Å². The molecule has 35 heavy (non-hydrogen) atoms. The minimum absolute atomic E-state index is 0.115. The fraction of sp³-hybridized carbons (Fsp3) is 0.0435. The number of para-hydroxylation sites is 1. The van der Waals surface area contributed by atoms with E-state index in [0.29, 0.717) is 17.3 Å². The van der Waals surface area contributed by atoms with Gasteiger partial charge in [0, 0.05) is 17.8 Å². The number of imidazole rings is 1. The first-order valence-electron chi connectivity index (χ1n) is 10.1. The van der Waals surface area contributed by atoms with Gasteiger partial charge in [0.05, 0.1) is 11.4 Å². The van der Waals surface area contributed by atoms with Crippen LogP contribution in [0.2, 0.25) is 0 Å². The lowest BCUT2D eigenvalue weighted by atomic mass is 10.1. The number of nitrogens with zero attached hydrogens (tertiary/aromatic N) is 1. The molecule has 180 valence electrons. The van der Waals surface area contributed by atoms with Gasteiger partial charge in [-0.25, -0.2) is 18.9 Å². The van der Waals surface area contributed by atoms with Crippen molar-refractivity contribution in [3.05, 3.63) is 90.6 Å². The highest BCUT2D eigenvalue weighted by molar-refractivity contribution is 7.91. The van der Waals surface area contributed by atoms with Gasteiger partial charge >= 0.3 is 16.3 Å². The summed E-state index contributed by atoms with van der Waals surface area (Å²) in [6.07, 6.45) is -0.0404. The van der Waals surface area contributed by atoms with E-state index in [9.17, 15) is 17.6 Å². The summed E-state index contributed by atoms with van der Waals surface area (Å²) in [4.78, 5) is 18.1. The first kappa shape index (κ1) is 23.6. The fourth-order valence-electron chi connectivity index (χ4n) is 3.01. The summed E-state index contributed by atoms with van der Waals surface area (Å²) in [5, 5.41) is 8.51. The van der Waals surface area contributed by atoms with Crippen molar-refractivity contribution < 1.29 is 32.2 Å². The molecule has 1 aromatic heterocycles. The number of H-pyrrole nitrogens is 1. The number of rotatable bonds is 9. The maximum absolute atomic E-state index is 14.3. The van der Waals surface area contributed by atoms with Gasteiger partial charge in [0.2, 0.25) is 0 Å². The van der Waals surface area contributed by atoms with E-state index in [4.69, 9.17) is 14.6 Å². The Kier molecular flexibility index (Phi) is 6.83. The molecule has 1 heterocycles. The van der Waals surface area contributed by atoms with Gasteiger partial charge in [-0.1, -0.05) is 18.2 Å². The maximum Gasteiger partial charge on any atom is 0.419 e. The topological polar surface area (TPSA) is 143 Å². The minimum atomic E-state index is -4.47. The van der Waals surface area contributed by atoms with E-state index < -0.39 is 27.8 Å². The first-order chi connectivity index (χ1) is 16.8. The predicted octanol–water partition coefficient (Wildman–Crippen LogP) is 4.51. The van der Waals surface area contributed by atoms with E-state index in [-0.39, 0.29) is 12.4 Å². The van der Waals surface area contributed by atoms with E-state index in [1.165, 1.54) is 10.8 Å². The second-order valence-corrected chi connectivity index (χ2v) is 8.53. The van der Waals surface area contributed by atoms with Gasteiger partial charge in [-0.2, -0.15) is 8.42 Å². The Morgan fingerprint density at radius 1 is 1.00 bits per heavy atom. The monoisotopic (exact) mass is 498 g/mol. The number of hydrogen-bond acceptors (Lipinski definition) is 6. The Bertz CT molecular complexity index is 1430. The van der Waals surface area contributed by atoms with Crippen LogP contribution >= 0.6 is 0 Å². The van der Waals surface area contributed by atoms with Crippen LogP contribution < -0.4 is 18.9 Å². The Labute approximate surface area is 199 Å². The number of nitrogens with one attached hydrogen (secondary N) is 3. The second kappa shape index (κ2) is 10.1. The average Bonchev–Trinajstić information content (AvgIpc) is 3.29. The molecule has 0 atom stereocenters. The molecule has 1 amide bonds. The average molecular weight is 498 g/mol. The predicted molar refractivity (Wildman–Crippen MR) is 125 cm³/mol. The Balaban J connectivity index is 1.37. The van der Waals surface area contributed by atoms with Crippen LogP contribution in [-0.4, -0.2) is 29.6 Å². The standard InChI is InChI=1S/C23H19FN4O6S/c24-19-12-18(10-11-20(19)27-35(31,32)28-23(29)30)34-17-8-6-15(7-9-17)21-13-25-22(26-21)14-33-16-4-2-1-3-5-16/h1-13,27-28H,14H2,(H,25,26)(H,29,30). The number of halogens is 1. The van der Waals surface area contributed by atoms with Crippen molar-refractivity contribution in [3.8, 4) is 28.5 Å². The molecule has 4 aromatic rings. The Morgan fingerprint density at radius 3 is 2.40 bits per heavy atom. The van der Waals surface area contributed by atoms with Crippen molar-refractivity contribution in [2.75, 3.05) is 4.72 Å². The van der Waals surface area contributed by atoms with Crippen molar-refractivity contribution >= 4 is 22.0 Å². The third kappa shape index (κ3) is 6.48. The summed E-state index contributed by atoms with van der Waals surface area (Å²) in [6.45, 7) is 0.287. The fourth-order valence-corrected chi connectivity index (χ4v) is 3.74. The summed E-state index contributed by atoms with van der Waals surface area (Å²) in [5.74, 6) is 0.984. The number of ether oxygens (including phenoxy) is 2. The second-order valence-electron chi connectivity index (χ2n) is 7.11. The van der Waals surface area contributed by atoms with Crippen LogP contribution in [0, 0.1) is 5.82 Å². The molecule has 12 heteroatoms. The van der Waals surface area contributed by atoms with E-state index in [2.05, 4.69) is 9.97 Å². The van der Waals surface area contributed by atoms with Crippen LogP contribution in [0.4, 0.5) is 14.9 Å². The summed E-state index contributed by atoms with van der Waals surface area (Å²) in [6, 6.07) is 19.7. The largest absolute Gasteiger partial charge is 0.486 e. The van der Waals surface area contributed by atoms with E-state index in [1.54, 1.807) is 35.2 Å². The quantitative estimate of drug-likeness (QED) is 0.266. The van der Waals surface area contributed by atoms with Gasteiger partial charge < -0.3 is 19.6 Å². The molecule has 0 radical (unpaired) electrons. The molecule has 0 fully saturated rings. The van der Waals surface area contributed by atoms with E-state index in [1.807, 2.05) is 30.3 Å². The molecule has 0 aliphatic carbocycles. The van der Waals surface area contributed by atoms with Crippen LogP contribution in [0.15, 0.2) is 79.0 Å². The molecule has 0 saturated carbocycles. The van der Waals surface area contributed by atoms with Crippen molar-refractivity contribution in [2.24, 2.45) is 0 Å². The van der Waals surface area contributed by atoms with Gasteiger partial charge in [-0.15, -0.1) is 0 Å². The summed E-state index contributed by atoms with van der Waals surface area (Å²) < 4.78 is 51.8. The SMILES string of the molecule is O=C(O)NS(=O)(=O)Nc1ccc(Oc2ccc(-c3c[nH]c(COc4ccccc4)n3)cc2)cc1F. The van der Waals surface area contributed by atoms with Crippen LogP contribution in [0.5, 0.6) is 17.2 Å². The van der Waals surface area contributed by atoms with Crippen LogP contribution in [0.3, 0.4) is 0 Å². The zero-order valence-corrected chi connectivity index (χ0v) is 18.8. The molecule has 3 aromatic carbocycles. The van der Waals surface area contributed by atoms with Gasteiger partial charge in [-0.05, 0) is 48.5 Å². The van der Waals surface area contributed by atoms with Crippen molar-refractivity contribution in [3.63, 3.8) is 0 Å². The van der Waals surface area contributed by atoms with Gasteiger partial charge in [0.1, 0.15) is 29.7 Å². The van der Waals surface area contributed by atoms with Crippen molar-refractivity contribution in [1.29, 1.82) is 0 Å². The van der Waals surface area contributed by atoms with Crippen LogP contribution in [-0.2, 0) is 16.8 Å². The zero-order chi connectivity index (χ0) is 24.8. The number of aromatic nitrogens is 2. The van der Waals surface area contributed by atoms with Gasteiger partial charge in [0.15, 0.2) is 5.82 Å². The summed E-state index contributed by atoms with van der Waals surface area (Å²) in [5.41, 5.74) is 1.09. The van der Waals surface area contributed by atoms with Crippen LogP contribution in [0.1, 0.15) is 5.82 Å². The first-order valence-corrected chi connectivity index (χ1v) is 11.6. The lowest BCUT2D eigenvalue weighted by molar-refractivity contribution is 0.201. The number of hydrogen-bond donors (Lipinski definition) is 4. The number of carboxylic acid groups (broad SMARTS) is 1. The molecule has 0 spiro atoms. The molecule has 10 nitrogen and oxygen atoms in total. The molecule has 0 unspecified atom stereocenters. The molecule has 0 saturated heterocycles. The molecular weight excluding hydrogens is 479 g/mol. The summed E-state index contributed by atoms with van der Waals surface area (Å²) in [7, 11) is -4.47. The minimum Gasteiger partial charge on any atom is -0.486 e. The number of carbonyl (C=O) groups is 1. The third-order valence-corrected chi connectivity index (χ3v) is 5.47. The highest BCUT2D eigenvalue weighted by Crippen LogP contribution is 2.28. The molecular formula is C23H19FN4O6S. The van der Waals surface area contributed by atoms with Crippen molar-refractivity contribution in [2.45, 2.75) is 6.61 Å².